The normalized spacial score (nSPS) is 11.5. The maximum Gasteiger partial charge on any atom is 0.417 e. The van der Waals surface area contributed by atoms with Crippen molar-refractivity contribution in [3.63, 3.8) is 0 Å². The lowest BCUT2D eigenvalue weighted by Crippen LogP contribution is -2.10. The maximum absolute atomic E-state index is 12.7. The SMILES string of the molecule is Cn1ncc(-c2nc(-c3cccc(C(N)=O)c3)no2)c1COc1ccc(C(F)(F)F)cn1. The summed E-state index contributed by atoms with van der Waals surface area (Å²) in [4.78, 5) is 19.4. The molecule has 0 unspecified atom stereocenters. The quantitative estimate of drug-likeness (QED) is 0.484. The molecule has 0 aliphatic rings. The van der Waals surface area contributed by atoms with Crippen LogP contribution in [0.4, 0.5) is 13.2 Å². The number of primary amides is 1. The largest absolute Gasteiger partial charge is 0.471 e. The Morgan fingerprint density at radius 3 is 2.72 bits per heavy atom. The monoisotopic (exact) mass is 444 g/mol. The van der Waals surface area contributed by atoms with Crippen LogP contribution in [-0.4, -0.2) is 30.8 Å². The van der Waals surface area contributed by atoms with Crippen LogP contribution in [0.5, 0.6) is 5.88 Å². The van der Waals surface area contributed by atoms with Gasteiger partial charge in [0.25, 0.3) is 5.89 Å². The molecule has 0 radical (unpaired) electrons. The fourth-order valence-corrected chi connectivity index (χ4v) is 2.85. The summed E-state index contributed by atoms with van der Waals surface area (Å²) >= 11 is 0. The number of aromatic nitrogens is 5. The van der Waals surface area contributed by atoms with Crippen molar-refractivity contribution in [2.24, 2.45) is 12.8 Å². The van der Waals surface area contributed by atoms with E-state index in [-0.39, 0.29) is 24.2 Å². The van der Waals surface area contributed by atoms with Crippen LogP contribution in [0.25, 0.3) is 22.8 Å². The molecule has 3 heterocycles. The summed E-state index contributed by atoms with van der Waals surface area (Å²) < 4.78 is 50.4. The molecule has 0 spiro atoms. The zero-order chi connectivity index (χ0) is 22.9. The van der Waals surface area contributed by atoms with Gasteiger partial charge in [-0.3, -0.25) is 9.48 Å². The molecule has 0 atom stereocenters. The highest BCUT2D eigenvalue weighted by atomic mass is 19.4. The molecule has 4 aromatic rings. The van der Waals surface area contributed by atoms with Gasteiger partial charge in [0.2, 0.25) is 17.6 Å². The second kappa shape index (κ2) is 8.13. The molecule has 0 aliphatic heterocycles. The van der Waals surface area contributed by atoms with Gasteiger partial charge in [-0.25, -0.2) is 4.98 Å². The lowest BCUT2D eigenvalue weighted by Gasteiger charge is -2.09. The fraction of sp³-hybridized carbons (Fsp3) is 0.150. The molecule has 164 valence electrons. The van der Waals surface area contributed by atoms with E-state index >= 15 is 0 Å². The second-order valence-corrected chi connectivity index (χ2v) is 6.67. The van der Waals surface area contributed by atoms with E-state index in [0.29, 0.717) is 28.6 Å². The Balaban J connectivity index is 1.55. The third-order valence-corrected chi connectivity index (χ3v) is 4.54. The van der Waals surface area contributed by atoms with E-state index in [2.05, 4.69) is 20.2 Å². The van der Waals surface area contributed by atoms with Crippen molar-refractivity contribution in [1.29, 1.82) is 0 Å². The number of nitrogens with zero attached hydrogens (tertiary/aromatic N) is 5. The summed E-state index contributed by atoms with van der Waals surface area (Å²) in [6.07, 6.45) is -2.28. The van der Waals surface area contributed by atoms with Gasteiger partial charge in [-0.2, -0.15) is 23.3 Å². The minimum atomic E-state index is -4.48. The molecule has 0 saturated heterocycles. The molecule has 1 aromatic carbocycles. The third-order valence-electron chi connectivity index (χ3n) is 4.54. The summed E-state index contributed by atoms with van der Waals surface area (Å²) in [5.74, 6) is -0.182. The Kier molecular flexibility index (Phi) is 5.34. The Labute approximate surface area is 178 Å². The summed E-state index contributed by atoms with van der Waals surface area (Å²) in [6, 6.07) is 8.47. The van der Waals surface area contributed by atoms with Crippen LogP contribution in [0.1, 0.15) is 21.6 Å². The van der Waals surface area contributed by atoms with Gasteiger partial charge in [0, 0.05) is 30.4 Å². The van der Waals surface area contributed by atoms with Crippen LogP contribution in [0.2, 0.25) is 0 Å². The summed E-state index contributed by atoms with van der Waals surface area (Å²) in [5, 5.41) is 8.08. The lowest BCUT2D eigenvalue weighted by atomic mass is 10.1. The predicted molar refractivity (Wildman–Crippen MR) is 104 cm³/mol. The zero-order valence-corrected chi connectivity index (χ0v) is 16.5. The van der Waals surface area contributed by atoms with Gasteiger partial charge in [0.05, 0.1) is 23.0 Å². The van der Waals surface area contributed by atoms with Crippen LogP contribution in [0.3, 0.4) is 0 Å². The number of amides is 1. The van der Waals surface area contributed by atoms with Crippen molar-refractivity contribution in [3.8, 4) is 28.7 Å². The Bertz CT molecular complexity index is 1260. The number of ether oxygens (including phenoxy) is 1. The number of nitrogens with two attached hydrogens (primary N) is 1. The van der Waals surface area contributed by atoms with Gasteiger partial charge in [0.1, 0.15) is 6.61 Å². The van der Waals surface area contributed by atoms with E-state index < -0.39 is 17.6 Å². The minimum absolute atomic E-state index is 0.0136. The fourth-order valence-electron chi connectivity index (χ4n) is 2.85. The van der Waals surface area contributed by atoms with Crippen LogP contribution < -0.4 is 10.5 Å². The number of hydrogen-bond donors (Lipinski definition) is 1. The van der Waals surface area contributed by atoms with Crippen molar-refractivity contribution in [2.75, 3.05) is 0 Å². The molecule has 0 fully saturated rings. The van der Waals surface area contributed by atoms with Crippen molar-refractivity contribution < 1.29 is 27.2 Å². The first-order valence-electron chi connectivity index (χ1n) is 9.13. The van der Waals surface area contributed by atoms with Gasteiger partial charge in [-0.05, 0) is 18.2 Å². The standard InChI is InChI=1S/C20H15F3N6O3/c1-29-15(10-31-16-6-5-13(8-25-16)20(21,22)23)14(9-26-29)19-27-18(28-32-19)12-4-2-3-11(7-12)17(24)30/h2-9H,10H2,1H3,(H2,24,30). The van der Waals surface area contributed by atoms with Gasteiger partial charge in [0.15, 0.2) is 0 Å². The molecular formula is C20H15F3N6O3. The third kappa shape index (κ3) is 4.29. The van der Waals surface area contributed by atoms with Crippen molar-refractivity contribution in [1.82, 2.24) is 24.9 Å². The number of benzene rings is 1. The van der Waals surface area contributed by atoms with Gasteiger partial charge < -0.3 is 15.0 Å². The molecule has 4 rings (SSSR count). The Morgan fingerprint density at radius 1 is 1.22 bits per heavy atom. The smallest absolute Gasteiger partial charge is 0.417 e. The number of carbonyl (C=O) groups is 1. The number of hydrogen-bond acceptors (Lipinski definition) is 7. The number of halogens is 3. The number of aryl methyl sites for hydroxylation is 1. The van der Waals surface area contributed by atoms with Crippen molar-refractivity contribution in [3.05, 3.63) is 65.6 Å². The topological polar surface area (TPSA) is 122 Å². The first-order valence-corrected chi connectivity index (χ1v) is 9.13. The lowest BCUT2D eigenvalue weighted by molar-refractivity contribution is -0.137. The molecular weight excluding hydrogens is 429 g/mol. The van der Waals surface area contributed by atoms with E-state index in [1.807, 2.05) is 0 Å². The van der Waals surface area contributed by atoms with E-state index in [1.165, 1.54) is 10.9 Å². The summed E-state index contributed by atoms with van der Waals surface area (Å²) in [7, 11) is 1.66. The molecule has 0 bridgehead atoms. The number of rotatable bonds is 6. The van der Waals surface area contributed by atoms with Crippen LogP contribution in [0.15, 0.2) is 53.3 Å². The molecule has 2 N–H and O–H groups in total. The maximum atomic E-state index is 12.7. The van der Waals surface area contributed by atoms with Gasteiger partial charge >= 0.3 is 6.18 Å². The van der Waals surface area contributed by atoms with E-state index in [1.54, 1.807) is 31.3 Å². The van der Waals surface area contributed by atoms with E-state index in [4.69, 9.17) is 15.0 Å². The molecule has 3 aromatic heterocycles. The van der Waals surface area contributed by atoms with Crippen LogP contribution >= 0.6 is 0 Å². The highest BCUT2D eigenvalue weighted by molar-refractivity contribution is 5.93. The number of alkyl halides is 3. The average Bonchev–Trinajstić information content (AvgIpc) is 3.39. The van der Waals surface area contributed by atoms with Crippen LogP contribution in [-0.2, 0) is 19.8 Å². The van der Waals surface area contributed by atoms with Gasteiger partial charge in [-0.15, -0.1) is 0 Å². The first kappa shape index (κ1) is 21.0. The first-order chi connectivity index (χ1) is 15.2. The summed E-state index contributed by atoms with van der Waals surface area (Å²) in [6.45, 7) is -0.0565. The van der Waals surface area contributed by atoms with Gasteiger partial charge in [-0.1, -0.05) is 17.3 Å². The number of pyridine rings is 1. The molecule has 12 heteroatoms. The highest BCUT2D eigenvalue weighted by Gasteiger charge is 2.30. The zero-order valence-electron chi connectivity index (χ0n) is 16.5. The van der Waals surface area contributed by atoms with Crippen molar-refractivity contribution in [2.45, 2.75) is 12.8 Å². The van der Waals surface area contributed by atoms with E-state index in [9.17, 15) is 18.0 Å². The molecule has 32 heavy (non-hydrogen) atoms. The summed E-state index contributed by atoms with van der Waals surface area (Å²) in [5.41, 5.74) is 6.28. The van der Waals surface area contributed by atoms with Crippen molar-refractivity contribution >= 4 is 5.91 Å². The Hall–Kier alpha value is -4.22. The highest BCUT2D eigenvalue weighted by Crippen LogP contribution is 2.30. The molecule has 9 nitrogen and oxygen atoms in total. The molecule has 0 aliphatic carbocycles. The van der Waals surface area contributed by atoms with Crippen LogP contribution in [0, 0.1) is 0 Å². The Morgan fingerprint density at radius 2 is 2.03 bits per heavy atom. The minimum Gasteiger partial charge on any atom is -0.471 e. The second-order valence-electron chi connectivity index (χ2n) is 6.67. The number of carbonyl (C=O) groups excluding carboxylic acids is 1. The average molecular weight is 444 g/mol. The van der Waals surface area contributed by atoms with E-state index in [0.717, 1.165) is 12.1 Å². The molecule has 1 amide bonds. The molecule has 0 saturated carbocycles. The predicted octanol–water partition coefficient (Wildman–Crippen LogP) is 3.23.